The zero-order chi connectivity index (χ0) is 18.7. The van der Waals surface area contributed by atoms with Crippen molar-refractivity contribution in [3.8, 4) is 5.75 Å². The number of piperidine rings is 1. The van der Waals surface area contributed by atoms with Gasteiger partial charge in [0.15, 0.2) is 11.6 Å². The van der Waals surface area contributed by atoms with Crippen LogP contribution in [0.3, 0.4) is 0 Å². The summed E-state index contributed by atoms with van der Waals surface area (Å²) in [6.07, 6.45) is 4.45. The highest BCUT2D eigenvalue weighted by Crippen LogP contribution is 2.49. The summed E-state index contributed by atoms with van der Waals surface area (Å²) < 4.78 is 33.8. The van der Waals surface area contributed by atoms with Crippen LogP contribution in [0.5, 0.6) is 5.75 Å². The first-order valence-corrected chi connectivity index (χ1v) is 9.47. The summed E-state index contributed by atoms with van der Waals surface area (Å²) in [6, 6.07) is 2.13. The van der Waals surface area contributed by atoms with E-state index in [1.54, 1.807) is 14.1 Å². The summed E-state index contributed by atoms with van der Waals surface area (Å²) in [6.45, 7) is 2.62. The number of hydrogen-bond acceptors (Lipinski definition) is 3. The Morgan fingerprint density at radius 3 is 2.65 bits per heavy atom. The second-order valence-corrected chi connectivity index (χ2v) is 7.72. The van der Waals surface area contributed by atoms with Gasteiger partial charge < -0.3 is 15.0 Å². The highest BCUT2D eigenvalue weighted by Gasteiger charge is 2.42. The molecule has 0 aromatic heterocycles. The first kappa shape index (κ1) is 19.1. The Bertz CT molecular complexity index is 645. The number of amides is 1. The number of nitrogens with zero attached hydrogens (tertiary/aromatic N) is 1. The lowest BCUT2D eigenvalue weighted by Gasteiger charge is -2.22. The van der Waals surface area contributed by atoms with Crippen LogP contribution in [0.1, 0.15) is 31.2 Å². The van der Waals surface area contributed by atoms with E-state index < -0.39 is 11.6 Å². The summed E-state index contributed by atoms with van der Waals surface area (Å²) in [7, 11) is 3.17. The topological polar surface area (TPSA) is 41.6 Å². The zero-order valence-corrected chi connectivity index (χ0v) is 15.6. The fourth-order valence-electron chi connectivity index (χ4n) is 3.91. The Morgan fingerprint density at radius 2 is 1.96 bits per heavy atom. The van der Waals surface area contributed by atoms with Crippen molar-refractivity contribution < 1.29 is 18.3 Å². The minimum Gasteiger partial charge on any atom is -0.490 e. The van der Waals surface area contributed by atoms with Crippen molar-refractivity contribution >= 4 is 5.91 Å². The molecule has 2 fully saturated rings. The van der Waals surface area contributed by atoms with E-state index in [4.69, 9.17) is 4.74 Å². The summed E-state index contributed by atoms with van der Waals surface area (Å²) >= 11 is 0. The number of ether oxygens (including phenoxy) is 1. The predicted octanol–water partition coefficient (Wildman–Crippen LogP) is 3.00. The third kappa shape index (κ3) is 4.72. The molecule has 144 valence electrons. The molecule has 1 heterocycles. The highest BCUT2D eigenvalue weighted by atomic mass is 19.1. The molecule has 26 heavy (non-hydrogen) atoms. The van der Waals surface area contributed by atoms with E-state index in [9.17, 15) is 13.6 Å². The van der Waals surface area contributed by atoms with Crippen molar-refractivity contribution in [3.05, 3.63) is 29.3 Å². The van der Waals surface area contributed by atoms with E-state index >= 15 is 0 Å². The molecule has 1 saturated heterocycles. The smallest absolute Gasteiger partial charge is 0.226 e. The molecule has 1 amide bonds. The predicted molar refractivity (Wildman–Crippen MR) is 96.1 cm³/mol. The molecule has 0 unspecified atom stereocenters. The van der Waals surface area contributed by atoms with Crippen LogP contribution in [0.15, 0.2) is 12.1 Å². The van der Waals surface area contributed by atoms with Crippen molar-refractivity contribution in [1.29, 1.82) is 0 Å². The molecule has 0 bridgehead atoms. The highest BCUT2D eigenvalue weighted by molar-refractivity contribution is 5.78. The van der Waals surface area contributed by atoms with Crippen LogP contribution in [0, 0.1) is 29.4 Å². The number of carbonyl (C=O) groups excluding carboxylic acids is 1. The average molecular weight is 366 g/mol. The molecule has 1 saturated carbocycles. The van der Waals surface area contributed by atoms with Crippen LogP contribution in [0.25, 0.3) is 0 Å². The van der Waals surface area contributed by atoms with Crippen molar-refractivity contribution in [2.24, 2.45) is 17.8 Å². The SMILES string of the molecule is CN(C)C(=O)Cc1cc(F)c(OCC[C@@H]2C[C@@H]2C2CCNCC2)cc1F. The van der Waals surface area contributed by atoms with E-state index in [0.29, 0.717) is 12.5 Å². The Kier molecular flexibility index (Phi) is 6.12. The molecular weight excluding hydrogens is 338 g/mol. The van der Waals surface area contributed by atoms with Gasteiger partial charge in [0.25, 0.3) is 0 Å². The van der Waals surface area contributed by atoms with Crippen LogP contribution in [-0.2, 0) is 11.2 Å². The Hall–Kier alpha value is -1.69. The molecule has 1 aliphatic carbocycles. The zero-order valence-electron chi connectivity index (χ0n) is 15.6. The van der Waals surface area contributed by atoms with Gasteiger partial charge in [-0.3, -0.25) is 4.79 Å². The van der Waals surface area contributed by atoms with E-state index in [1.807, 2.05) is 0 Å². The van der Waals surface area contributed by atoms with Crippen molar-refractivity contribution in [2.75, 3.05) is 33.8 Å². The van der Waals surface area contributed by atoms with Crippen LogP contribution in [-0.4, -0.2) is 44.6 Å². The van der Waals surface area contributed by atoms with E-state index in [-0.39, 0.29) is 23.6 Å². The normalized spacial score (nSPS) is 22.9. The maximum atomic E-state index is 14.2. The van der Waals surface area contributed by atoms with Gasteiger partial charge in [0.05, 0.1) is 13.0 Å². The van der Waals surface area contributed by atoms with Crippen LogP contribution in [0.4, 0.5) is 8.78 Å². The molecule has 4 nitrogen and oxygen atoms in total. The van der Waals surface area contributed by atoms with Gasteiger partial charge in [0.1, 0.15) is 5.82 Å². The minimum absolute atomic E-state index is 0.0571. The van der Waals surface area contributed by atoms with Gasteiger partial charge in [0.2, 0.25) is 5.91 Å². The molecule has 2 aliphatic rings. The van der Waals surface area contributed by atoms with E-state index in [0.717, 1.165) is 43.5 Å². The summed E-state index contributed by atoms with van der Waals surface area (Å²) in [5.74, 6) is 0.695. The number of halogens is 2. The van der Waals surface area contributed by atoms with Crippen LogP contribution >= 0.6 is 0 Å². The molecule has 2 atom stereocenters. The first-order chi connectivity index (χ1) is 12.5. The number of rotatable bonds is 7. The first-order valence-electron chi connectivity index (χ1n) is 9.47. The second kappa shape index (κ2) is 8.33. The van der Waals surface area contributed by atoms with Gasteiger partial charge in [-0.2, -0.15) is 0 Å². The summed E-state index contributed by atoms with van der Waals surface area (Å²) in [4.78, 5) is 13.0. The fraction of sp³-hybridized carbons (Fsp3) is 0.650. The number of carbonyl (C=O) groups is 1. The monoisotopic (exact) mass is 366 g/mol. The molecule has 3 rings (SSSR count). The summed E-state index contributed by atoms with van der Waals surface area (Å²) in [5, 5.41) is 3.39. The van der Waals surface area contributed by atoms with Gasteiger partial charge in [-0.05, 0) is 62.6 Å². The number of benzene rings is 1. The molecule has 1 aromatic rings. The summed E-state index contributed by atoms with van der Waals surface area (Å²) in [5.41, 5.74) is 0.0571. The second-order valence-electron chi connectivity index (χ2n) is 7.72. The van der Waals surface area contributed by atoms with Gasteiger partial charge in [-0.1, -0.05) is 0 Å². The van der Waals surface area contributed by atoms with Crippen LogP contribution in [0.2, 0.25) is 0 Å². The minimum atomic E-state index is -0.612. The van der Waals surface area contributed by atoms with Crippen molar-refractivity contribution in [3.63, 3.8) is 0 Å². The van der Waals surface area contributed by atoms with Crippen molar-refractivity contribution in [1.82, 2.24) is 10.2 Å². The average Bonchev–Trinajstić information content (AvgIpc) is 3.39. The van der Waals surface area contributed by atoms with Crippen molar-refractivity contribution in [2.45, 2.75) is 32.1 Å². The van der Waals surface area contributed by atoms with Crippen LogP contribution < -0.4 is 10.1 Å². The molecule has 1 aromatic carbocycles. The lowest BCUT2D eigenvalue weighted by atomic mass is 9.91. The Balaban J connectivity index is 1.48. The van der Waals surface area contributed by atoms with Gasteiger partial charge in [-0.15, -0.1) is 0 Å². The molecule has 0 radical (unpaired) electrons. The molecule has 1 N–H and O–H groups in total. The molecular formula is C20H28F2N2O2. The third-order valence-electron chi connectivity index (χ3n) is 5.65. The van der Waals surface area contributed by atoms with E-state index in [2.05, 4.69) is 5.32 Å². The quantitative estimate of drug-likeness (QED) is 0.807. The Morgan fingerprint density at radius 1 is 1.23 bits per heavy atom. The fourth-order valence-corrected chi connectivity index (χ4v) is 3.91. The van der Waals surface area contributed by atoms with Gasteiger partial charge >= 0.3 is 0 Å². The van der Waals surface area contributed by atoms with E-state index in [1.165, 1.54) is 24.2 Å². The van der Waals surface area contributed by atoms with Gasteiger partial charge in [-0.25, -0.2) is 8.78 Å². The Labute approximate surface area is 153 Å². The maximum Gasteiger partial charge on any atom is 0.226 e. The third-order valence-corrected chi connectivity index (χ3v) is 5.65. The lowest BCUT2D eigenvalue weighted by Crippen LogP contribution is -2.29. The number of likely N-dealkylation sites (N-methyl/N-ethyl adjacent to an activating group) is 1. The molecule has 6 heteroatoms. The molecule has 1 aliphatic heterocycles. The number of nitrogens with one attached hydrogen (secondary N) is 1. The largest absolute Gasteiger partial charge is 0.490 e. The van der Waals surface area contributed by atoms with Gasteiger partial charge in [0, 0.05) is 25.7 Å². The standard InChI is InChI=1S/C20H28F2N2O2/c1-24(2)20(25)11-15-10-18(22)19(12-17(15)21)26-8-5-14-9-16(14)13-3-6-23-7-4-13/h10,12-14,16,23H,3-9,11H2,1-2H3/t14-,16-/m1/s1. The molecule has 0 spiro atoms. The maximum absolute atomic E-state index is 14.2. The lowest BCUT2D eigenvalue weighted by molar-refractivity contribution is -0.128. The number of hydrogen-bond donors (Lipinski definition) is 1.